The zero-order chi connectivity index (χ0) is 15.7. The van der Waals surface area contributed by atoms with E-state index >= 15 is 0 Å². The Bertz CT molecular complexity index is 432. The summed E-state index contributed by atoms with van der Waals surface area (Å²) in [5, 5.41) is 0. The second-order valence-electron chi connectivity index (χ2n) is 4.17. The van der Waals surface area contributed by atoms with Crippen LogP contribution in [0.15, 0.2) is 12.1 Å². The lowest BCUT2D eigenvalue weighted by Crippen LogP contribution is -2.08. The first kappa shape index (κ1) is 17.1. The van der Waals surface area contributed by atoms with E-state index in [2.05, 4.69) is 6.92 Å². The van der Waals surface area contributed by atoms with Crippen LogP contribution in [0.5, 0.6) is 17.2 Å². The molecule has 0 saturated heterocycles. The topological polar surface area (TPSA) is 63.2 Å². The Morgan fingerprint density at radius 2 is 1.67 bits per heavy atom. The molecule has 0 heterocycles. The van der Waals surface area contributed by atoms with Gasteiger partial charge in [0.2, 0.25) is 5.75 Å². The highest BCUT2D eigenvalue weighted by atomic mass is 17.2. The number of unbranched alkanes of at least 4 members (excludes halogenated alkanes) is 2. The summed E-state index contributed by atoms with van der Waals surface area (Å²) in [4.78, 5) is 21.5. The Kier molecular flexibility index (Phi) is 7.39. The highest BCUT2D eigenvalue weighted by Crippen LogP contribution is 2.38. The molecule has 1 rings (SSSR count). The first-order valence-electron chi connectivity index (χ1n) is 6.61. The molecule has 0 aromatic heterocycles. The van der Waals surface area contributed by atoms with Crippen LogP contribution in [0.4, 0.5) is 0 Å². The highest BCUT2D eigenvalue weighted by molar-refractivity contribution is 5.90. The Labute approximate surface area is 124 Å². The fraction of sp³-hybridized carbons (Fsp3) is 0.467. The monoisotopic (exact) mass is 297 g/mol. The van der Waals surface area contributed by atoms with Crippen molar-refractivity contribution in [3.8, 4) is 17.2 Å². The van der Waals surface area contributed by atoms with Crippen LogP contribution in [0.25, 0.3) is 0 Å². The summed E-state index contributed by atoms with van der Waals surface area (Å²) in [6.07, 6.45) is 2.53. The first-order chi connectivity index (χ1) is 10.2. The highest BCUT2D eigenvalue weighted by Gasteiger charge is 2.18. The lowest BCUT2D eigenvalue weighted by atomic mass is 10.2. The van der Waals surface area contributed by atoms with E-state index < -0.39 is 5.97 Å². The van der Waals surface area contributed by atoms with Crippen molar-refractivity contribution < 1.29 is 28.8 Å². The van der Waals surface area contributed by atoms with E-state index in [1.165, 1.54) is 33.5 Å². The summed E-state index contributed by atoms with van der Waals surface area (Å²) in [7, 11) is 4.44. The molecule has 0 atom stereocenters. The standard InChI is InChI=1S/C15H21O6/c1-5-6-7-8-20-21-15(16)11-9-12(17-2)14(19-4)13(10-11)18-3/h9-10H,1,5-8H2,2-4H3. The largest absolute Gasteiger partial charge is 0.493 e. The number of methoxy groups -OCH3 is 3. The molecule has 1 aromatic carbocycles. The summed E-state index contributed by atoms with van der Waals surface area (Å²) in [6, 6.07) is 3.01. The van der Waals surface area contributed by atoms with Gasteiger partial charge in [0.05, 0.1) is 33.5 Å². The molecule has 0 saturated carbocycles. The summed E-state index contributed by atoms with van der Waals surface area (Å²) in [6.45, 7) is 4.06. The van der Waals surface area contributed by atoms with Gasteiger partial charge in [0.1, 0.15) is 0 Å². The third kappa shape index (κ3) is 4.82. The van der Waals surface area contributed by atoms with E-state index in [-0.39, 0.29) is 5.56 Å². The van der Waals surface area contributed by atoms with Gasteiger partial charge in [-0.1, -0.05) is 19.8 Å². The molecule has 1 radical (unpaired) electrons. The second kappa shape index (κ2) is 9.07. The van der Waals surface area contributed by atoms with E-state index in [0.717, 1.165) is 19.3 Å². The zero-order valence-electron chi connectivity index (χ0n) is 12.6. The maximum Gasteiger partial charge on any atom is 0.373 e. The van der Waals surface area contributed by atoms with E-state index in [0.29, 0.717) is 23.9 Å². The van der Waals surface area contributed by atoms with Crippen LogP contribution in [-0.4, -0.2) is 33.9 Å². The van der Waals surface area contributed by atoms with Crippen molar-refractivity contribution in [2.24, 2.45) is 0 Å². The molecular formula is C15H21O6. The van der Waals surface area contributed by atoms with Crippen LogP contribution in [0.3, 0.4) is 0 Å². The molecular weight excluding hydrogens is 276 g/mol. The quantitative estimate of drug-likeness (QED) is 0.397. The molecule has 0 aliphatic carbocycles. The smallest absolute Gasteiger partial charge is 0.373 e. The maximum absolute atomic E-state index is 11.9. The van der Waals surface area contributed by atoms with Crippen LogP contribution in [0, 0.1) is 6.92 Å². The molecule has 0 aliphatic rings. The van der Waals surface area contributed by atoms with Gasteiger partial charge in [-0.3, -0.25) is 4.89 Å². The number of ether oxygens (including phenoxy) is 3. The second-order valence-corrected chi connectivity index (χ2v) is 4.17. The van der Waals surface area contributed by atoms with E-state index in [1.807, 2.05) is 0 Å². The Morgan fingerprint density at radius 3 is 2.14 bits per heavy atom. The minimum Gasteiger partial charge on any atom is -0.493 e. The van der Waals surface area contributed by atoms with Crippen molar-refractivity contribution in [1.82, 2.24) is 0 Å². The molecule has 0 bridgehead atoms. The van der Waals surface area contributed by atoms with Gasteiger partial charge >= 0.3 is 5.97 Å². The molecule has 6 heteroatoms. The summed E-state index contributed by atoms with van der Waals surface area (Å²) in [5.74, 6) is 0.540. The van der Waals surface area contributed by atoms with Gasteiger partial charge in [0.15, 0.2) is 11.5 Å². The Hall–Kier alpha value is -1.95. The molecule has 117 valence electrons. The van der Waals surface area contributed by atoms with Crippen molar-refractivity contribution in [2.45, 2.75) is 19.3 Å². The van der Waals surface area contributed by atoms with E-state index in [9.17, 15) is 4.79 Å². The van der Waals surface area contributed by atoms with Crippen LogP contribution < -0.4 is 14.2 Å². The molecule has 0 unspecified atom stereocenters. The number of carbonyl (C=O) groups is 1. The molecule has 0 fully saturated rings. The molecule has 21 heavy (non-hydrogen) atoms. The molecule has 1 aromatic rings. The fourth-order valence-corrected chi connectivity index (χ4v) is 1.68. The van der Waals surface area contributed by atoms with Crippen molar-refractivity contribution >= 4 is 5.97 Å². The van der Waals surface area contributed by atoms with Crippen LogP contribution in [0.2, 0.25) is 0 Å². The minimum absolute atomic E-state index is 0.252. The minimum atomic E-state index is -0.621. The predicted octanol–water partition coefficient (Wildman–Crippen LogP) is 2.81. The van der Waals surface area contributed by atoms with E-state index in [4.69, 9.17) is 24.0 Å². The summed E-state index contributed by atoms with van der Waals surface area (Å²) in [5.41, 5.74) is 0.252. The van der Waals surface area contributed by atoms with Gasteiger partial charge in [-0.15, -0.1) is 0 Å². The predicted molar refractivity (Wildman–Crippen MR) is 76.7 cm³/mol. The third-order valence-electron chi connectivity index (χ3n) is 2.76. The Morgan fingerprint density at radius 1 is 1.05 bits per heavy atom. The Balaban J connectivity index is 2.75. The van der Waals surface area contributed by atoms with Crippen LogP contribution >= 0.6 is 0 Å². The van der Waals surface area contributed by atoms with E-state index in [1.54, 1.807) is 0 Å². The van der Waals surface area contributed by atoms with Gasteiger partial charge in [-0.2, -0.15) is 4.89 Å². The van der Waals surface area contributed by atoms with Gasteiger partial charge in [-0.05, 0) is 18.6 Å². The van der Waals surface area contributed by atoms with Crippen molar-refractivity contribution in [3.05, 3.63) is 24.6 Å². The van der Waals surface area contributed by atoms with Crippen molar-refractivity contribution in [3.63, 3.8) is 0 Å². The van der Waals surface area contributed by atoms with Crippen LogP contribution in [-0.2, 0) is 9.78 Å². The maximum atomic E-state index is 11.9. The fourth-order valence-electron chi connectivity index (χ4n) is 1.68. The zero-order valence-corrected chi connectivity index (χ0v) is 12.6. The number of hydrogen-bond donors (Lipinski definition) is 0. The molecule has 0 spiro atoms. The van der Waals surface area contributed by atoms with Gasteiger partial charge in [-0.25, -0.2) is 4.79 Å². The lowest BCUT2D eigenvalue weighted by Gasteiger charge is -2.13. The van der Waals surface area contributed by atoms with Crippen molar-refractivity contribution in [1.29, 1.82) is 0 Å². The third-order valence-corrected chi connectivity index (χ3v) is 2.76. The molecule has 0 amide bonds. The first-order valence-corrected chi connectivity index (χ1v) is 6.61. The van der Waals surface area contributed by atoms with Gasteiger partial charge in [0.25, 0.3) is 0 Å². The lowest BCUT2D eigenvalue weighted by molar-refractivity contribution is -0.241. The number of carbonyl (C=O) groups excluding carboxylic acids is 1. The van der Waals surface area contributed by atoms with Gasteiger partial charge in [0, 0.05) is 0 Å². The molecule has 6 nitrogen and oxygen atoms in total. The van der Waals surface area contributed by atoms with Crippen LogP contribution in [0.1, 0.15) is 29.6 Å². The number of benzene rings is 1. The average Bonchev–Trinajstić information content (AvgIpc) is 2.52. The molecule has 0 N–H and O–H groups in total. The molecule has 0 aliphatic heterocycles. The summed E-state index contributed by atoms with van der Waals surface area (Å²) >= 11 is 0. The van der Waals surface area contributed by atoms with Crippen molar-refractivity contribution in [2.75, 3.05) is 27.9 Å². The van der Waals surface area contributed by atoms with Gasteiger partial charge < -0.3 is 14.2 Å². The normalized spacial score (nSPS) is 10.1. The summed E-state index contributed by atoms with van der Waals surface area (Å²) < 4.78 is 15.5. The number of hydrogen-bond acceptors (Lipinski definition) is 6. The number of rotatable bonds is 9. The average molecular weight is 297 g/mol. The SMILES string of the molecule is [CH2]CCCCOOC(=O)c1cc(OC)c(OC)c(OC)c1.